The van der Waals surface area contributed by atoms with Crippen LogP contribution in [0.5, 0.6) is 5.75 Å². The first-order valence-corrected chi connectivity index (χ1v) is 9.95. The van der Waals surface area contributed by atoms with Gasteiger partial charge in [0.2, 0.25) is 0 Å². The van der Waals surface area contributed by atoms with Gasteiger partial charge in [0.15, 0.2) is 0 Å². The van der Waals surface area contributed by atoms with Crippen LogP contribution in [0.4, 0.5) is 0 Å². The molecule has 0 amide bonds. The van der Waals surface area contributed by atoms with Crippen molar-refractivity contribution in [2.45, 2.75) is 51.5 Å². The Morgan fingerprint density at radius 3 is 2.50 bits per heavy atom. The second kappa shape index (κ2) is 10.0. The Bertz CT molecular complexity index is 669. The van der Waals surface area contributed by atoms with Gasteiger partial charge in [-0.1, -0.05) is 62.2 Å². The van der Waals surface area contributed by atoms with Gasteiger partial charge < -0.3 is 10.1 Å². The normalized spacial score (nSPS) is 17.3. The third-order valence-corrected chi connectivity index (χ3v) is 4.78. The lowest BCUT2D eigenvalue weighted by Gasteiger charge is -2.17. The number of rotatable bonds is 7. The molecule has 1 unspecified atom stereocenters. The number of ether oxygens (including phenoxy) is 1. The Morgan fingerprint density at radius 2 is 1.73 bits per heavy atom. The molecule has 0 aromatic heterocycles. The summed E-state index contributed by atoms with van der Waals surface area (Å²) in [6.07, 6.45) is 7.02. The van der Waals surface area contributed by atoms with Gasteiger partial charge in [-0.15, -0.1) is 0 Å². The zero-order chi connectivity index (χ0) is 18.0. The summed E-state index contributed by atoms with van der Waals surface area (Å²) in [7, 11) is 0. The molecule has 1 atom stereocenters. The van der Waals surface area contributed by atoms with Gasteiger partial charge in [0.05, 0.1) is 12.4 Å². The molecule has 0 radical (unpaired) electrons. The second-order valence-corrected chi connectivity index (χ2v) is 6.90. The monoisotopic (exact) mass is 350 g/mol. The fourth-order valence-corrected chi connectivity index (χ4v) is 3.24. The first kappa shape index (κ1) is 18.5. The number of nitrogens with zero attached hydrogens (tertiary/aromatic N) is 1. The van der Waals surface area contributed by atoms with E-state index in [1.807, 2.05) is 0 Å². The zero-order valence-electron chi connectivity index (χ0n) is 15.8. The highest BCUT2D eigenvalue weighted by Gasteiger charge is 2.15. The highest BCUT2D eigenvalue weighted by atomic mass is 16.5. The minimum atomic E-state index is 0.0292. The standard InChI is InChI=1S/C23H30N2O/c1-2-3-18-26-21-15-13-20(14-16-21)23(19-10-6-4-7-11-19)25-22-12-8-5-9-17-24-22/h4,6-7,10-11,13-16,23H,2-3,5,8-9,12,17-18H2,1H3,(H,24,25). The lowest BCUT2D eigenvalue weighted by Crippen LogP contribution is -2.23. The Balaban J connectivity index is 1.82. The molecule has 3 rings (SSSR count). The van der Waals surface area contributed by atoms with Crippen LogP contribution in [0.25, 0.3) is 0 Å². The fraction of sp³-hybridized carbons (Fsp3) is 0.435. The smallest absolute Gasteiger partial charge is 0.119 e. The molecule has 0 spiro atoms. The average molecular weight is 351 g/mol. The summed E-state index contributed by atoms with van der Waals surface area (Å²) >= 11 is 0. The molecule has 138 valence electrons. The van der Waals surface area contributed by atoms with Gasteiger partial charge in [-0.25, -0.2) is 0 Å². The van der Waals surface area contributed by atoms with Gasteiger partial charge in [0.25, 0.3) is 0 Å². The summed E-state index contributed by atoms with van der Waals surface area (Å²) in [4.78, 5) is 5.11. The molecule has 1 fully saturated rings. The maximum atomic E-state index is 5.81. The lowest BCUT2D eigenvalue weighted by molar-refractivity contribution is 0.309. The van der Waals surface area contributed by atoms with Crippen molar-refractivity contribution in [1.29, 1.82) is 0 Å². The summed E-state index contributed by atoms with van der Waals surface area (Å²) < 4.78 is 5.81. The maximum absolute atomic E-state index is 5.81. The van der Waals surface area contributed by atoms with Crippen LogP contribution in [0, 0.1) is 0 Å². The van der Waals surface area contributed by atoms with E-state index in [-0.39, 0.29) is 6.04 Å². The van der Waals surface area contributed by atoms with Gasteiger partial charge in [-0.3, -0.25) is 4.99 Å². The summed E-state index contributed by atoms with van der Waals surface area (Å²) in [6.45, 7) is 3.99. The number of aliphatic imine (C=N–C) groups is 1. The van der Waals surface area contributed by atoms with Crippen LogP contribution < -0.4 is 10.1 Å². The number of hydrogen-bond donors (Lipinski definition) is 1. The zero-order valence-corrected chi connectivity index (χ0v) is 15.8. The molecular weight excluding hydrogens is 320 g/mol. The first-order valence-electron chi connectivity index (χ1n) is 9.95. The van der Waals surface area contributed by atoms with E-state index in [2.05, 4.69) is 66.8 Å². The molecular formula is C23H30N2O. The van der Waals surface area contributed by atoms with Crippen LogP contribution in [0.1, 0.15) is 62.6 Å². The minimum absolute atomic E-state index is 0.0292. The molecule has 26 heavy (non-hydrogen) atoms. The fourth-order valence-electron chi connectivity index (χ4n) is 3.24. The number of unbranched alkanes of at least 4 members (excludes halogenated alkanes) is 1. The SMILES string of the molecule is CCCCOc1ccc(C(N=C2CCCCCN2)c2ccccc2)cc1. The van der Waals surface area contributed by atoms with Crippen molar-refractivity contribution in [3.8, 4) is 5.75 Å². The average Bonchev–Trinajstić information content (AvgIpc) is 2.96. The quantitative estimate of drug-likeness (QED) is 0.667. The summed E-state index contributed by atoms with van der Waals surface area (Å²) in [5, 5.41) is 3.52. The van der Waals surface area contributed by atoms with Crippen LogP contribution >= 0.6 is 0 Å². The predicted molar refractivity (Wildman–Crippen MR) is 109 cm³/mol. The van der Waals surface area contributed by atoms with Crippen LogP contribution in [0.2, 0.25) is 0 Å². The molecule has 0 aliphatic carbocycles. The molecule has 3 nitrogen and oxygen atoms in total. The van der Waals surface area contributed by atoms with E-state index in [0.29, 0.717) is 0 Å². The number of hydrogen-bond acceptors (Lipinski definition) is 2. The minimum Gasteiger partial charge on any atom is -0.494 e. The molecule has 0 bridgehead atoms. The van der Waals surface area contributed by atoms with E-state index >= 15 is 0 Å². The van der Waals surface area contributed by atoms with Gasteiger partial charge in [0.1, 0.15) is 11.8 Å². The second-order valence-electron chi connectivity index (χ2n) is 6.90. The summed E-state index contributed by atoms with van der Waals surface area (Å²) in [5.41, 5.74) is 2.43. The first-order chi connectivity index (χ1) is 12.9. The number of amidine groups is 1. The number of benzene rings is 2. The molecule has 1 N–H and O–H groups in total. The van der Waals surface area contributed by atoms with Crippen molar-refractivity contribution in [3.63, 3.8) is 0 Å². The lowest BCUT2D eigenvalue weighted by atomic mass is 9.99. The molecule has 1 aliphatic heterocycles. The molecule has 1 saturated heterocycles. The van der Waals surface area contributed by atoms with Crippen LogP contribution in [0.3, 0.4) is 0 Å². The third kappa shape index (κ3) is 5.35. The maximum Gasteiger partial charge on any atom is 0.119 e. The molecule has 1 heterocycles. The van der Waals surface area contributed by atoms with Crippen LogP contribution in [-0.4, -0.2) is 19.0 Å². The van der Waals surface area contributed by atoms with E-state index in [4.69, 9.17) is 9.73 Å². The molecule has 1 aliphatic rings. The van der Waals surface area contributed by atoms with Crippen LogP contribution in [0.15, 0.2) is 59.6 Å². The Kier molecular flexibility index (Phi) is 7.12. The van der Waals surface area contributed by atoms with E-state index in [0.717, 1.165) is 44.0 Å². The Labute approximate surface area is 157 Å². The molecule has 3 heteroatoms. The van der Waals surface area contributed by atoms with Crippen molar-refractivity contribution in [3.05, 3.63) is 65.7 Å². The summed E-state index contributed by atoms with van der Waals surface area (Å²) in [6, 6.07) is 19.0. The Hall–Kier alpha value is -2.29. The molecule has 0 saturated carbocycles. The Morgan fingerprint density at radius 1 is 0.962 bits per heavy atom. The molecule has 2 aromatic carbocycles. The van der Waals surface area contributed by atoms with Gasteiger partial charge >= 0.3 is 0 Å². The van der Waals surface area contributed by atoms with Crippen molar-refractivity contribution in [2.75, 3.05) is 13.2 Å². The summed E-state index contributed by atoms with van der Waals surface area (Å²) in [5.74, 6) is 2.08. The van der Waals surface area contributed by atoms with Gasteiger partial charge in [0, 0.05) is 13.0 Å². The van der Waals surface area contributed by atoms with Crippen molar-refractivity contribution in [1.82, 2.24) is 5.32 Å². The van der Waals surface area contributed by atoms with E-state index in [1.165, 1.54) is 30.4 Å². The highest BCUT2D eigenvalue weighted by Crippen LogP contribution is 2.28. The van der Waals surface area contributed by atoms with Crippen LogP contribution in [-0.2, 0) is 0 Å². The van der Waals surface area contributed by atoms with Crippen molar-refractivity contribution < 1.29 is 4.74 Å². The molecule has 2 aromatic rings. The number of nitrogens with one attached hydrogen (secondary N) is 1. The third-order valence-electron chi connectivity index (χ3n) is 4.78. The van der Waals surface area contributed by atoms with Gasteiger partial charge in [-0.2, -0.15) is 0 Å². The van der Waals surface area contributed by atoms with E-state index in [1.54, 1.807) is 0 Å². The van der Waals surface area contributed by atoms with Gasteiger partial charge in [-0.05, 0) is 42.5 Å². The van der Waals surface area contributed by atoms with E-state index in [9.17, 15) is 0 Å². The van der Waals surface area contributed by atoms with E-state index < -0.39 is 0 Å². The highest BCUT2D eigenvalue weighted by molar-refractivity contribution is 5.82. The largest absolute Gasteiger partial charge is 0.494 e. The van der Waals surface area contributed by atoms with Crippen molar-refractivity contribution in [2.24, 2.45) is 4.99 Å². The predicted octanol–water partition coefficient (Wildman–Crippen LogP) is 5.52. The van der Waals surface area contributed by atoms with Crippen molar-refractivity contribution >= 4 is 5.84 Å². The topological polar surface area (TPSA) is 33.6 Å².